The van der Waals surface area contributed by atoms with E-state index in [2.05, 4.69) is 10.4 Å². The maximum atomic E-state index is 12.7. The number of hydrogen-bond donors (Lipinski definition) is 1. The third-order valence-corrected chi connectivity index (χ3v) is 4.41. The zero-order valence-corrected chi connectivity index (χ0v) is 15.4. The van der Waals surface area contributed by atoms with Crippen LogP contribution in [-0.2, 0) is 0 Å². The molecule has 0 aliphatic carbocycles. The van der Waals surface area contributed by atoms with Crippen molar-refractivity contribution in [3.8, 4) is 5.75 Å². The van der Waals surface area contributed by atoms with Crippen LogP contribution < -0.4 is 10.1 Å². The van der Waals surface area contributed by atoms with Gasteiger partial charge in [0, 0.05) is 24.0 Å². The molecule has 0 aliphatic rings. The molecule has 1 unspecified atom stereocenters. The Hall–Kier alpha value is -2.79. The van der Waals surface area contributed by atoms with Gasteiger partial charge in [-0.2, -0.15) is 5.10 Å². The van der Waals surface area contributed by atoms with Crippen LogP contribution in [0.3, 0.4) is 0 Å². The Morgan fingerprint density at radius 3 is 2.69 bits per heavy atom. The average Bonchev–Trinajstić information content (AvgIpc) is 3.17. The van der Waals surface area contributed by atoms with Gasteiger partial charge in [0.25, 0.3) is 5.91 Å². The van der Waals surface area contributed by atoms with Gasteiger partial charge in [0.2, 0.25) is 0 Å². The number of carbonyl (C=O) groups excluding carboxylic acids is 1. The minimum Gasteiger partial charge on any atom is -0.496 e. The standard InChI is InChI=1S/C20H20ClN3O2/c1-14-4-9-19(26-2)17(12-14)20(25)22-13-18(24-11-3-10-23-24)15-5-7-16(21)8-6-15/h3-12,18H,13H2,1-2H3,(H,22,25). The van der Waals surface area contributed by atoms with Crippen LogP contribution >= 0.6 is 11.6 Å². The monoisotopic (exact) mass is 369 g/mol. The smallest absolute Gasteiger partial charge is 0.255 e. The molecule has 0 spiro atoms. The quantitative estimate of drug-likeness (QED) is 0.717. The molecule has 0 bridgehead atoms. The summed E-state index contributed by atoms with van der Waals surface area (Å²) < 4.78 is 7.12. The molecule has 5 nitrogen and oxygen atoms in total. The zero-order valence-electron chi connectivity index (χ0n) is 14.6. The summed E-state index contributed by atoms with van der Waals surface area (Å²) in [6, 6.07) is 14.8. The molecule has 3 rings (SSSR count). The van der Waals surface area contributed by atoms with E-state index in [0.29, 0.717) is 22.9 Å². The van der Waals surface area contributed by atoms with Crippen LogP contribution in [0.15, 0.2) is 60.9 Å². The van der Waals surface area contributed by atoms with Crippen molar-refractivity contribution < 1.29 is 9.53 Å². The minimum absolute atomic E-state index is 0.137. The van der Waals surface area contributed by atoms with Crippen LogP contribution in [0.2, 0.25) is 5.02 Å². The Morgan fingerprint density at radius 1 is 1.27 bits per heavy atom. The van der Waals surface area contributed by atoms with E-state index in [1.54, 1.807) is 19.4 Å². The molecule has 26 heavy (non-hydrogen) atoms. The van der Waals surface area contributed by atoms with Crippen molar-refractivity contribution in [2.75, 3.05) is 13.7 Å². The summed E-state index contributed by atoms with van der Waals surface area (Å²) in [6.45, 7) is 2.33. The molecule has 6 heteroatoms. The molecule has 1 N–H and O–H groups in total. The van der Waals surface area contributed by atoms with Crippen LogP contribution in [0.1, 0.15) is 27.5 Å². The van der Waals surface area contributed by atoms with Crippen molar-refractivity contribution >= 4 is 17.5 Å². The highest BCUT2D eigenvalue weighted by Crippen LogP contribution is 2.22. The summed E-state index contributed by atoms with van der Waals surface area (Å²) >= 11 is 5.99. The predicted octanol–water partition coefficient (Wildman–Crippen LogP) is 3.87. The molecular formula is C20H20ClN3O2. The molecule has 0 saturated carbocycles. The van der Waals surface area contributed by atoms with Gasteiger partial charge < -0.3 is 10.1 Å². The molecule has 134 valence electrons. The number of rotatable bonds is 6. The first-order chi connectivity index (χ1) is 12.6. The molecule has 1 atom stereocenters. The van der Waals surface area contributed by atoms with Crippen molar-refractivity contribution in [2.45, 2.75) is 13.0 Å². The van der Waals surface area contributed by atoms with Gasteiger partial charge in [0.1, 0.15) is 5.75 Å². The minimum atomic E-state index is -0.184. The number of nitrogens with zero attached hydrogens (tertiary/aromatic N) is 2. The summed E-state index contributed by atoms with van der Waals surface area (Å²) in [6.07, 6.45) is 3.59. The lowest BCUT2D eigenvalue weighted by molar-refractivity contribution is 0.0946. The number of halogens is 1. The van der Waals surface area contributed by atoms with Gasteiger partial charge in [-0.15, -0.1) is 0 Å². The third kappa shape index (κ3) is 4.06. The number of benzene rings is 2. The molecule has 1 heterocycles. The largest absolute Gasteiger partial charge is 0.496 e. The van der Waals surface area contributed by atoms with Gasteiger partial charge in [0.15, 0.2) is 0 Å². The first kappa shape index (κ1) is 18.0. The van der Waals surface area contributed by atoms with E-state index in [9.17, 15) is 4.79 Å². The molecule has 2 aromatic carbocycles. The number of carbonyl (C=O) groups is 1. The van der Waals surface area contributed by atoms with Crippen LogP contribution in [0.25, 0.3) is 0 Å². The summed E-state index contributed by atoms with van der Waals surface area (Å²) in [4.78, 5) is 12.7. The van der Waals surface area contributed by atoms with E-state index < -0.39 is 0 Å². The van der Waals surface area contributed by atoms with Gasteiger partial charge in [-0.25, -0.2) is 0 Å². The predicted molar refractivity (Wildman–Crippen MR) is 102 cm³/mol. The Balaban J connectivity index is 1.81. The lowest BCUT2D eigenvalue weighted by Crippen LogP contribution is -2.31. The maximum absolute atomic E-state index is 12.7. The van der Waals surface area contributed by atoms with E-state index in [-0.39, 0.29) is 11.9 Å². The number of ether oxygens (including phenoxy) is 1. The number of aromatic nitrogens is 2. The van der Waals surface area contributed by atoms with Crippen LogP contribution in [0.4, 0.5) is 0 Å². The highest BCUT2D eigenvalue weighted by Gasteiger charge is 2.18. The van der Waals surface area contributed by atoms with Crippen LogP contribution in [-0.4, -0.2) is 29.3 Å². The molecule has 1 amide bonds. The van der Waals surface area contributed by atoms with Crippen molar-refractivity contribution in [1.82, 2.24) is 15.1 Å². The Kier molecular flexibility index (Phi) is 5.58. The van der Waals surface area contributed by atoms with E-state index in [1.165, 1.54) is 0 Å². The molecule has 3 aromatic rings. The Morgan fingerprint density at radius 2 is 2.04 bits per heavy atom. The van der Waals surface area contributed by atoms with Crippen molar-refractivity contribution in [1.29, 1.82) is 0 Å². The van der Waals surface area contributed by atoms with Crippen molar-refractivity contribution in [3.05, 3.63) is 82.6 Å². The molecule has 0 radical (unpaired) electrons. The number of methoxy groups -OCH3 is 1. The van der Waals surface area contributed by atoms with E-state index in [0.717, 1.165) is 11.1 Å². The second-order valence-corrected chi connectivity index (χ2v) is 6.40. The molecule has 1 aromatic heterocycles. The topological polar surface area (TPSA) is 56.1 Å². The zero-order chi connectivity index (χ0) is 18.5. The molecule has 0 saturated heterocycles. The molecule has 0 fully saturated rings. The van der Waals surface area contributed by atoms with Crippen molar-refractivity contribution in [3.63, 3.8) is 0 Å². The van der Waals surface area contributed by atoms with Gasteiger partial charge in [-0.05, 0) is 42.8 Å². The number of amides is 1. The summed E-state index contributed by atoms with van der Waals surface area (Å²) in [5, 5.41) is 7.98. The average molecular weight is 370 g/mol. The fraction of sp³-hybridized carbons (Fsp3) is 0.200. The number of hydrogen-bond acceptors (Lipinski definition) is 3. The fourth-order valence-electron chi connectivity index (χ4n) is 2.80. The van der Waals surface area contributed by atoms with Crippen LogP contribution in [0.5, 0.6) is 5.75 Å². The summed E-state index contributed by atoms with van der Waals surface area (Å²) in [5.74, 6) is 0.368. The van der Waals surface area contributed by atoms with Gasteiger partial charge >= 0.3 is 0 Å². The summed E-state index contributed by atoms with van der Waals surface area (Å²) in [5.41, 5.74) is 2.52. The molecule has 0 aliphatic heterocycles. The Labute approximate surface area is 157 Å². The van der Waals surface area contributed by atoms with Gasteiger partial charge in [-0.3, -0.25) is 9.48 Å². The fourth-order valence-corrected chi connectivity index (χ4v) is 2.92. The SMILES string of the molecule is COc1ccc(C)cc1C(=O)NCC(c1ccc(Cl)cc1)n1cccn1. The lowest BCUT2D eigenvalue weighted by Gasteiger charge is -2.19. The number of aryl methyl sites for hydroxylation is 1. The second kappa shape index (κ2) is 8.06. The summed E-state index contributed by atoms with van der Waals surface area (Å²) in [7, 11) is 1.56. The van der Waals surface area contributed by atoms with Crippen molar-refractivity contribution in [2.24, 2.45) is 0 Å². The normalized spacial score (nSPS) is 11.8. The van der Waals surface area contributed by atoms with Crippen LogP contribution in [0, 0.1) is 6.92 Å². The lowest BCUT2D eigenvalue weighted by atomic mass is 10.1. The van der Waals surface area contributed by atoms with E-state index in [1.807, 2.05) is 60.3 Å². The second-order valence-electron chi connectivity index (χ2n) is 5.97. The number of nitrogens with one attached hydrogen (secondary N) is 1. The van der Waals surface area contributed by atoms with Gasteiger partial charge in [0.05, 0.1) is 18.7 Å². The molecular weight excluding hydrogens is 350 g/mol. The van der Waals surface area contributed by atoms with Gasteiger partial charge in [-0.1, -0.05) is 35.4 Å². The van der Waals surface area contributed by atoms with E-state index >= 15 is 0 Å². The first-order valence-electron chi connectivity index (χ1n) is 8.26. The maximum Gasteiger partial charge on any atom is 0.255 e. The first-order valence-corrected chi connectivity index (χ1v) is 8.63. The highest BCUT2D eigenvalue weighted by atomic mass is 35.5. The Bertz CT molecular complexity index is 877. The highest BCUT2D eigenvalue weighted by molar-refractivity contribution is 6.30. The third-order valence-electron chi connectivity index (χ3n) is 4.15. The van der Waals surface area contributed by atoms with E-state index in [4.69, 9.17) is 16.3 Å².